The first-order chi connectivity index (χ1) is 12.9. The summed E-state index contributed by atoms with van der Waals surface area (Å²) in [6, 6.07) is 4.46. The summed E-state index contributed by atoms with van der Waals surface area (Å²) in [4.78, 5) is 18.1. The van der Waals surface area contributed by atoms with Crippen LogP contribution >= 0.6 is 0 Å². The highest BCUT2D eigenvalue weighted by Crippen LogP contribution is 2.30. The number of halogens is 1. The zero-order chi connectivity index (χ0) is 19.1. The van der Waals surface area contributed by atoms with Gasteiger partial charge in [-0.25, -0.2) is 18.7 Å². The predicted molar refractivity (Wildman–Crippen MR) is 97.8 cm³/mol. The number of anilines is 1. The van der Waals surface area contributed by atoms with Crippen LogP contribution in [0.2, 0.25) is 0 Å². The van der Waals surface area contributed by atoms with Crippen molar-refractivity contribution in [3.63, 3.8) is 0 Å². The molecule has 1 aliphatic heterocycles. The van der Waals surface area contributed by atoms with E-state index in [9.17, 15) is 14.3 Å². The largest absolute Gasteiger partial charge is 0.478 e. The molecule has 1 fully saturated rings. The van der Waals surface area contributed by atoms with Crippen LogP contribution in [0.5, 0.6) is 0 Å². The van der Waals surface area contributed by atoms with Crippen LogP contribution in [0.15, 0.2) is 24.4 Å². The average Bonchev–Trinajstić information content (AvgIpc) is 3.01. The van der Waals surface area contributed by atoms with Gasteiger partial charge in [0.05, 0.1) is 42.0 Å². The van der Waals surface area contributed by atoms with Crippen molar-refractivity contribution < 1.29 is 19.0 Å². The fraction of sp³-hybridized carbons (Fsp3) is 0.316. The van der Waals surface area contributed by atoms with Crippen LogP contribution in [0.25, 0.3) is 16.9 Å². The van der Waals surface area contributed by atoms with Crippen molar-refractivity contribution in [3.05, 3.63) is 47.0 Å². The zero-order valence-electron chi connectivity index (χ0n) is 15.1. The van der Waals surface area contributed by atoms with Crippen molar-refractivity contribution >= 4 is 17.3 Å². The third-order valence-corrected chi connectivity index (χ3v) is 4.70. The Morgan fingerprint density at radius 3 is 2.67 bits per heavy atom. The second-order valence-electron chi connectivity index (χ2n) is 6.62. The first-order valence-corrected chi connectivity index (χ1v) is 8.67. The number of ether oxygens (including phenoxy) is 1. The van der Waals surface area contributed by atoms with Crippen molar-refractivity contribution in [2.24, 2.45) is 0 Å². The van der Waals surface area contributed by atoms with Gasteiger partial charge in [-0.05, 0) is 37.6 Å². The third-order valence-electron chi connectivity index (χ3n) is 4.70. The van der Waals surface area contributed by atoms with Crippen molar-refractivity contribution in [3.8, 4) is 11.3 Å². The van der Waals surface area contributed by atoms with Gasteiger partial charge in [-0.3, -0.25) is 0 Å². The highest BCUT2D eigenvalue weighted by Gasteiger charge is 2.20. The Morgan fingerprint density at radius 1 is 1.22 bits per heavy atom. The number of hydrogen-bond donors (Lipinski definition) is 1. The monoisotopic (exact) mass is 370 g/mol. The summed E-state index contributed by atoms with van der Waals surface area (Å²) >= 11 is 0. The number of benzene rings is 1. The maximum atomic E-state index is 14.0. The fourth-order valence-corrected chi connectivity index (χ4v) is 3.36. The smallest absolute Gasteiger partial charge is 0.338 e. The Balaban J connectivity index is 1.92. The highest BCUT2D eigenvalue weighted by molar-refractivity contribution is 5.90. The van der Waals surface area contributed by atoms with Crippen LogP contribution in [-0.2, 0) is 4.74 Å². The van der Waals surface area contributed by atoms with Crippen LogP contribution < -0.4 is 4.90 Å². The molecule has 0 saturated carbocycles. The second kappa shape index (κ2) is 6.62. The minimum absolute atomic E-state index is 0.368. The van der Waals surface area contributed by atoms with Crippen molar-refractivity contribution in [2.75, 3.05) is 31.2 Å². The van der Waals surface area contributed by atoms with Crippen LogP contribution in [-0.4, -0.2) is 52.0 Å². The third kappa shape index (κ3) is 3.12. The Morgan fingerprint density at radius 2 is 1.96 bits per heavy atom. The first kappa shape index (κ1) is 17.4. The number of hydrogen-bond acceptors (Lipinski definition) is 5. The van der Waals surface area contributed by atoms with E-state index in [0.717, 1.165) is 30.1 Å². The van der Waals surface area contributed by atoms with E-state index < -0.39 is 11.8 Å². The molecule has 1 aliphatic rings. The number of carboxylic acid groups (broad SMARTS) is 1. The van der Waals surface area contributed by atoms with Gasteiger partial charge in [-0.1, -0.05) is 0 Å². The van der Waals surface area contributed by atoms with E-state index in [-0.39, 0.29) is 5.56 Å². The number of aromatic nitrogens is 3. The van der Waals surface area contributed by atoms with E-state index in [4.69, 9.17) is 4.74 Å². The SMILES string of the molecule is Cc1cn2nc(-c3cc(C(=O)O)c(F)cc3C)cc(N3CCOCC3)c2n1. The zero-order valence-corrected chi connectivity index (χ0v) is 15.1. The molecular formula is C19H19FN4O3. The molecule has 0 spiro atoms. The number of carboxylic acids is 1. The van der Waals surface area contributed by atoms with Gasteiger partial charge in [-0.15, -0.1) is 0 Å². The van der Waals surface area contributed by atoms with Gasteiger partial charge in [0.15, 0.2) is 5.65 Å². The van der Waals surface area contributed by atoms with Crippen molar-refractivity contribution in [1.82, 2.24) is 14.6 Å². The molecule has 0 bridgehead atoms. The lowest BCUT2D eigenvalue weighted by atomic mass is 10.0. The number of nitrogens with zero attached hydrogens (tertiary/aromatic N) is 4. The van der Waals surface area contributed by atoms with E-state index >= 15 is 0 Å². The summed E-state index contributed by atoms with van der Waals surface area (Å²) < 4.78 is 21.1. The van der Waals surface area contributed by atoms with Crippen LogP contribution in [0.3, 0.4) is 0 Å². The summed E-state index contributed by atoms with van der Waals surface area (Å²) in [6.45, 7) is 6.35. The number of rotatable bonds is 3. The van der Waals surface area contributed by atoms with Gasteiger partial charge in [0, 0.05) is 18.7 Å². The van der Waals surface area contributed by atoms with Gasteiger partial charge in [0.1, 0.15) is 5.82 Å². The normalized spacial score (nSPS) is 14.7. The number of aryl methyl sites for hydroxylation is 2. The van der Waals surface area contributed by atoms with E-state index in [1.165, 1.54) is 12.1 Å². The lowest BCUT2D eigenvalue weighted by molar-refractivity contribution is 0.0692. The molecule has 3 aromatic rings. The van der Waals surface area contributed by atoms with Gasteiger partial charge in [0.25, 0.3) is 0 Å². The number of imidazole rings is 1. The molecule has 7 nitrogen and oxygen atoms in total. The Labute approximate surface area is 155 Å². The molecule has 0 aliphatic carbocycles. The molecule has 1 N–H and O–H groups in total. The minimum atomic E-state index is -1.30. The Hall–Kier alpha value is -3.00. The van der Waals surface area contributed by atoms with Gasteiger partial charge < -0.3 is 14.7 Å². The van der Waals surface area contributed by atoms with Gasteiger partial charge >= 0.3 is 5.97 Å². The van der Waals surface area contributed by atoms with Crippen LogP contribution in [0.4, 0.5) is 10.1 Å². The lowest BCUT2D eigenvalue weighted by Gasteiger charge is -2.29. The molecule has 0 radical (unpaired) electrons. The van der Waals surface area contributed by atoms with Gasteiger partial charge in [-0.2, -0.15) is 5.10 Å². The number of morpholine rings is 1. The van der Waals surface area contributed by atoms with E-state index in [1.807, 2.05) is 19.2 Å². The summed E-state index contributed by atoms with van der Waals surface area (Å²) in [6.07, 6.45) is 1.82. The number of aromatic carboxylic acids is 1. The van der Waals surface area contributed by atoms with E-state index in [1.54, 1.807) is 11.4 Å². The van der Waals surface area contributed by atoms with Gasteiger partial charge in [0.2, 0.25) is 0 Å². The second-order valence-corrected chi connectivity index (χ2v) is 6.62. The molecular weight excluding hydrogens is 351 g/mol. The summed E-state index contributed by atoms with van der Waals surface area (Å²) in [5.41, 5.74) is 3.86. The lowest BCUT2D eigenvalue weighted by Crippen LogP contribution is -2.36. The molecule has 0 unspecified atom stereocenters. The number of carbonyl (C=O) groups is 1. The maximum absolute atomic E-state index is 14.0. The molecule has 8 heteroatoms. The Kier molecular flexibility index (Phi) is 4.27. The molecule has 0 atom stereocenters. The topological polar surface area (TPSA) is 80.0 Å². The summed E-state index contributed by atoms with van der Waals surface area (Å²) in [5, 5.41) is 13.9. The highest BCUT2D eigenvalue weighted by atomic mass is 19.1. The Bertz CT molecular complexity index is 1040. The quantitative estimate of drug-likeness (QED) is 0.764. The molecule has 1 saturated heterocycles. The molecule has 1 aromatic carbocycles. The molecule has 27 heavy (non-hydrogen) atoms. The average molecular weight is 370 g/mol. The van der Waals surface area contributed by atoms with E-state index in [0.29, 0.717) is 30.0 Å². The maximum Gasteiger partial charge on any atom is 0.338 e. The van der Waals surface area contributed by atoms with Crippen molar-refractivity contribution in [2.45, 2.75) is 13.8 Å². The van der Waals surface area contributed by atoms with Crippen LogP contribution in [0.1, 0.15) is 21.6 Å². The minimum Gasteiger partial charge on any atom is -0.478 e. The standard InChI is InChI=1S/C19H19FN4O3/c1-11-7-15(20)14(19(25)26)8-13(11)16-9-17(23-3-5-27-6-4-23)18-21-12(2)10-24(18)22-16/h7-10H,3-6H2,1-2H3,(H,25,26). The van der Waals surface area contributed by atoms with Crippen molar-refractivity contribution in [1.29, 1.82) is 0 Å². The summed E-state index contributed by atoms with van der Waals surface area (Å²) in [7, 11) is 0. The fourth-order valence-electron chi connectivity index (χ4n) is 3.36. The molecule has 140 valence electrons. The van der Waals surface area contributed by atoms with Crippen LogP contribution in [0, 0.1) is 19.7 Å². The summed E-state index contributed by atoms with van der Waals surface area (Å²) in [5.74, 6) is -2.06. The molecule has 2 aromatic heterocycles. The predicted octanol–water partition coefficient (Wildman–Crippen LogP) is 2.69. The number of fused-ring (bicyclic) bond motifs is 1. The first-order valence-electron chi connectivity index (χ1n) is 8.67. The molecule has 4 rings (SSSR count). The molecule has 0 amide bonds. The van der Waals surface area contributed by atoms with E-state index in [2.05, 4.69) is 15.0 Å². The molecule has 3 heterocycles.